The summed E-state index contributed by atoms with van der Waals surface area (Å²) < 4.78 is 0. The summed E-state index contributed by atoms with van der Waals surface area (Å²) in [5.41, 5.74) is 1.43. The average Bonchev–Trinajstić information content (AvgIpc) is 4.05. The van der Waals surface area contributed by atoms with Crippen LogP contribution in [0.2, 0.25) is 0 Å². The number of aliphatic hydroxyl groups excluding tert-OH is 1. The van der Waals surface area contributed by atoms with E-state index in [1.807, 2.05) is 33.8 Å². The number of nitrogens with one attached hydrogen (secondary N) is 5. The molecular weight excluding hydrogens is 971 g/mol. The molecule has 0 radical (unpaired) electrons. The number of aromatic nitrogens is 2. The van der Waals surface area contributed by atoms with Crippen LogP contribution in [-0.2, 0) is 28.8 Å². The second-order valence-electron chi connectivity index (χ2n) is 24.1. The van der Waals surface area contributed by atoms with Gasteiger partial charge in [-0.25, -0.2) is 4.98 Å². The van der Waals surface area contributed by atoms with E-state index in [4.69, 9.17) is 4.98 Å². The van der Waals surface area contributed by atoms with Crippen molar-refractivity contribution in [2.75, 3.05) is 6.54 Å². The van der Waals surface area contributed by atoms with Crippen molar-refractivity contribution in [3.63, 3.8) is 0 Å². The first kappa shape index (κ1) is 54.7. The molecule has 2 aromatic rings. The Kier molecular flexibility index (Phi) is 16.4. The van der Waals surface area contributed by atoms with Crippen LogP contribution in [0.1, 0.15) is 204 Å². The quantitative estimate of drug-likeness (QED) is 0.0986. The number of amides is 9. The van der Waals surface area contributed by atoms with Crippen molar-refractivity contribution in [2.24, 2.45) is 29.1 Å². The highest BCUT2D eigenvalue weighted by Gasteiger charge is 2.53. The molecule has 6 N–H and O–H groups in total. The predicted molar refractivity (Wildman–Crippen MR) is 278 cm³/mol. The van der Waals surface area contributed by atoms with Gasteiger partial charge in [0, 0.05) is 31.1 Å². The minimum absolute atomic E-state index is 0.0292. The molecule has 19 heteroatoms. The SMILES string of the molecule is CCC[C@@H](NC(=O)[C@@H]1[C@H]2CCC[C@H]2CN1C(=O)[C@@H](NC(=O)[C@@H](NC(=O)c1cnc(C2CCCC(c3ccc4c(c3)C(=O)N(C3CCC(=O)NC3=O)C4=O)C(C)C2)cn1)C1CCCCC1)C(C)(C)C)C(O)C(=O)NC1CC1. The number of aliphatic hydroxyl groups is 1. The number of fused-ring (bicyclic) bond motifs is 2. The highest BCUT2D eigenvalue weighted by atomic mass is 16.3. The van der Waals surface area contributed by atoms with Crippen molar-refractivity contribution in [3.05, 3.63) is 58.7 Å². The summed E-state index contributed by atoms with van der Waals surface area (Å²) in [6.45, 7) is 10.0. The van der Waals surface area contributed by atoms with Gasteiger partial charge in [0.15, 0.2) is 6.10 Å². The molecule has 0 spiro atoms. The Labute approximate surface area is 445 Å². The molecule has 5 unspecified atom stereocenters. The minimum atomic E-state index is -1.44. The van der Waals surface area contributed by atoms with E-state index >= 15 is 4.79 Å². The van der Waals surface area contributed by atoms with Gasteiger partial charge in [-0.15, -0.1) is 0 Å². The molecule has 2 saturated heterocycles. The van der Waals surface area contributed by atoms with Crippen LogP contribution < -0.4 is 26.6 Å². The average molecular weight is 1050 g/mol. The lowest BCUT2D eigenvalue weighted by atomic mass is 9.81. The van der Waals surface area contributed by atoms with Gasteiger partial charge in [-0.1, -0.05) is 79.2 Å². The lowest BCUT2D eigenvalue weighted by Crippen LogP contribution is -2.62. The van der Waals surface area contributed by atoms with Crippen molar-refractivity contribution >= 4 is 53.2 Å². The number of likely N-dealkylation sites (tertiary alicyclic amines) is 1. The molecule has 1 aromatic heterocycles. The van der Waals surface area contributed by atoms with Crippen LogP contribution in [0.3, 0.4) is 0 Å². The molecular formula is C57H77N9O10. The van der Waals surface area contributed by atoms with Gasteiger partial charge >= 0.3 is 0 Å². The van der Waals surface area contributed by atoms with Crippen LogP contribution in [0.15, 0.2) is 30.6 Å². The monoisotopic (exact) mass is 1050 g/mol. The molecule has 9 amide bonds. The van der Waals surface area contributed by atoms with Gasteiger partial charge in [0.2, 0.25) is 29.5 Å². The van der Waals surface area contributed by atoms with E-state index in [2.05, 4.69) is 38.5 Å². The van der Waals surface area contributed by atoms with Gasteiger partial charge < -0.3 is 31.3 Å². The number of rotatable bonds is 16. The second kappa shape index (κ2) is 22.8. The zero-order chi connectivity index (χ0) is 54.2. The highest BCUT2D eigenvalue weighted by Crippen LogP contribution is 2.45. The van der Waals surface area contributed by atoms with Crippen LogP contribution in [0.25, 0.3) is 0 Å². The largest absolute Gasteiger partial charge is 0.381 e. The molecule has 4 heterocycles. The first-order chi connectivity index (χ1) is 36.3. The molecule has 19 nitrogen and oxygen atoms in total. The van der Waals surface area contributed by atoms with E-state index in [-0.39, 0.29) is 77.1 Å². The van der Waals surface area contributed by atoms with Crippen molar-refractivity contribution in [1.82, 2.24) is 46.4 Å². The van der Waals surface area contributed by atoms with Crippen LogP contribution in [0.4, 0.5) is 0 Å². The maximum atomic E-state index is 15.0. The number of carbonyl (C=O) groups is 9. The van der Waals surface area contributed by atoms with Crippen molar-refractivity contribution < 1.29 is 48.3 Å². The third-order valence-electron chi connectivity index (χ3n) is 17.7. The van der Waals surface area contributed by atoms with E-state index < -0.39 is 89.0 Å². The Morgan fingerprint density at radius 2 is 1.55 bits per heavy atom. The van der Waals surface area contributed by atoms with Crippen LogP contribution in [-0.4, -0.2) is 127 Å². The Morgan fingerprint density at radius 3 is 2.24 bits per heavy atom. The Balaban J connectivity index is 0.859. The van der Waals surface area contributed by atoms with E-state index in [0.717, 1.165) is 93.2 Å². The number of piperidine rings is 1. The van der Waals surface area contributed by atoms with Crippen molar-refractivity contribution in [1.29, 1.82) is 0 Å². The van der Waals surface area contributed by atoms with E-state index in [0.29, 0.717) is 32.2 Å². The van der Waals surface area contributed by atoms with Gasteiger partial charge in [0.1, 0.15) is 29.9 Å². The molecule has 0 bridgehead atoms. The summed E-state index contributed by atoms with van der Waals surface area (Å²) in [5, 5.41) is 25.2. The fraction of sp³-hybridized carbons (Fsp3) is 0.667. The number of hydrogen-bond donors (Lipinski definition) is 6. The fourth-order valence-corrected chi connectivity index (χ4v) is 13.3. The summed E-state index contributed by atoms with van der Waals surface area (Å²) in [4.78, 5) is 135. The molecule has 410 valence electrons. The third-order valence-corrected chi connectivity index (χ3v) is 17.7. The molecule has 11 atom stereocenters. The summed E-state index contributed by atoms with van der Waals surface area (Å²) >= 11 is 0. The topological polar surface area (TPSA) is 266 Å². The standard InChI is InChI=1S/C57H77N9O10/c1-6-12-40(47(68)53(73)60-35-20-21-35)61-52(72)46-37-18-11-16-34(37)29-65(46)56(76)48(57(3,4)5)64-51(71)45(31-13-8-7-9-14-31)63-49(69)42-28-58-41(27-59-42)33-15-10-17-36(30(2)25-33)32-19-22-38-39(26-32)55(75)66(54(38)74)43-23-24-44(67)62-50(43)70/h19,22,26-28,30-31,33-37,40,43,45-48,68H,6-18,20-21,23-25,29H2,1-5H3,(H,60,73)(H,61,72)(H,63,69)(H,64,71)(H,62,67,70)/t30?,33?,34-,36?,37-,40+,43?,45-,46-,47?,48+/m0/s1. The predicted octanol–water partition coefficient (Wildman–Crippen LogP) is 4.72. The second-order valence-corrected chi connectivity index (χ2v) is 24.1. The molecule has 1 aromatic carbocycles. The van der Waals surface area contributed by atoms with E-state index in [1.54, 1.807) is 23.2 Å². The summed E-state index contributed by atoms with van der Waals surface area (Å²) in [7, 11) is 0. The molecule has 9 rings (SSSR count). The maximum Gasteiger partial charge on any atom is 0.272 e. The third kappa shape index (κ3) is 11.6. The number of carbonyl (C=O) groups excluding carboxylic acids is 9. The number of nitrogens with zero attached hydrogens (tertiary/aromatic N) is 4. The highest BCUT2D eigenvalue weighted by molar-refractivity contribution is 6.23. The molecule has 4 saturated carbocycles. The van der Waals surface area contributed by atoms with Gasteiger partial charge in [0.25, 0.3) is 23.6 Å². The molecule has 76 heavy (non-hydrogen) atoms. The molecule has 3 aliphatic heterocycles. The normalized spacial score (nSPS) is 27.6. The smallest absolute Gasteiger partial charge is 0.272 e. The summed E-state index contributed by atoms with van der Waals surface area (Å²) in [5.74, 6) is -4.47. The molecule has 4 aliphatic carbocycles. The van der Waals surface area contributed by atoms with Crippen molar-refractivity contribution in [3.8, 4) is 0 Å². The lowest BCUT2D eigenvalue weighted by molar-refractivity contribution is -0.146. The Hall–Kier alpha value is -6.11. The fourth-order valence-electron chi connectivity index (χ4n) is 13.3. The van der Waals surface area contributed by atoms with E-state index in [1.165, 1.54) is 6.20 Å². The van der Waals surface area contributed by atoms with E-state index in [9.17, 15) is 43.5 Å². The number of benzene rings is 1. The van der Waals surface area contributed by atoms with Crippen LogP contribution >= 0.6 is 0 Å². The van der Waals surface area contributed by atoms with Crippen LogP contribution in [0, 0.1) is 29.1 Å². The van der Waals surface area contributed by atoms with Gasteiger partial charge in [0.05, 0.1) is 29.1 Å². The first-order valence-corrected chi connectivity index (χ1v) is 28.2. The molecule has 6 fully saturated rings. The summed E-state index contributed by atoms with van der Waals surface area (Å²) in [6.07, 6.45) is 14.5. The first-order valence-electron chi connectivity index (χ1n) is 28.2. The zero-order valence-corrected chi connectivity index (χ0v) is 44.7. The van der Waals surface area contributed by atoms with Gasteiger partial charge in [-0.3, -0.25) is 58.4 Å². The minimum Gasteiger partial charge on any atom is -0.381 e. The number of hydrogen-bond acceptors (Lipinski definition) is 12. The maximum absolute atomic E-state index is 15.0. The van der Waals surface area contributed by atoms with Gasteiger partial charge in [-0.05, 0) is 123 Å². The Morgan fingerprint density at radius 1 is 0.816 bits per heavy atom. The lowest BCUT2D eigenvalue weighted by Gasteiger charge is -2.38. The van der Waals surface area contributed by atoms with Crippen molar-refractivity contribution in [2.45, 2.75) is 204 Å². The Bertz CT molecular complexity index is 2590. The molecule has 7 aliphatic rings. The summed E-state index contributed by atoms with van der Waals surface area (Å²) in [6, 6.07) is 0.635. The van der Waals surface area contributed by atoms with Gasteiger partial charge in [-0.2, -0.15) is 0 Å². The number of imide groups is 2. The zero-order valence-electron chi connectivity index (χ0n) is 44.7. The van der Waals surface area contributed by atoms with Crippen LogP contribution in [0.5, 0.6) is 0 Å².